The summed E-state index contributed by atoms with van der Waals surface area (Å²) in [4.78, 5) is 23.5. The lowest BCUT2D eigenvalue weighted by Gasteiger charge is -2.54. The highest BCUT2D eigenvalue weighted by Gasteiger charge is 2.57. The van der Waals surface area contributed by atoms with E-state index >= 15 is 0 Å². The molecular weight excluding hydrogens is 543 g/mol. The Morgan fingerprint density at radius 3 is 1.68 bits per heavy atom. The van der Waals surface area contributed by atoms with Crippen molar-refractivity contribution >= 4 is 11.6 Å². The van der Waals surface area contributed by atoms with Gasteiger partial charge < -0.3 is 0 Å². The number of hydrogen-bond donors (Lipinski definition) is 0. The van der Waals surface area contributed by atoms with Gasteiger partial charge in [0.1, 0.15) is 6.17 Å². The van der Waals surface area contributed by atoms with E-state index < -0.39 is 6.17 Å². The van der Waals surface area contributed by atoms with Crippen molar-refractivity contribution < 1.29 is 14.0 Å². The Bertz CT molecular complexity index is 1290. The molecule has 0 radical (unpaired) electrons. The molecule has 0 spiro atoms. The number of allylic oxidation sites excluding steroid dienone is 4. The Morgan fingerprint density at radius 2 is 1.16 bits per heavy atom. The zero-order valence-electron chi connectivity index (χ0n) is 27.4. The van der Waals surface area contributed by atoms with Crippen molar-refractivity contribution in [1.82, 2.24) is 0 Å². The summed E-state index contributed by atoms with van der Waals surface area (Å²) in [6.07, 6.45) is 17.9. The molecule has 0 aromatic rings. The molecular formula is C41H53FO2. The molecule has 8 rings (SSSR count). The van der Waals surface area contributed by atoms with Crippen LogP contribution in [0.2, 0.25) is 0 Å². The lowest BCUT2D eigenvalue weighted by Crippen LogP contribution is -2.47. The summed E-state index contributed by atoms with van der Waals surface area (Å²) in [5.41, 5.74) is 12.3. The summed E-state index contributed by atoms with van der Waals surface area (Å²) >= 11 is 0. The minimum atomic E-state index is -0.894. The third kappa shape index (κ3) is 4.62. The van der Waals surface area contributed by atoms with Crippen LogP contribution in [-0.4, -0.2) is 17.7 Å². The van der Waals surface area contributed by atoms with Crippen LogP contribution in [0, 0.1) is 64.1 Å². The summed E-state index contributed by atoms with van der Waals surface area (Å²) in [5, 5.41) is 0. The van der Waals surface area contributed by atoms with Crippen LogP contribution in [0.1, 0.15) is 111 Å². The molecule has 6 unspecified atom stereocenters. The van der Waals surface area contributed by atoms with E-state index in [9.17, 15) is 14.0 Å². The van der Waals surface area contributed by atoms with Gasteiger partial charge in [-0.3, -0.25) is 9.59 Å². The van der Waals surface area contributed by atoms with Crippen molar-refractivity contribution in [3.8, 4) is 0 Å². The van der Waals surface area contributed by atoms with E-state index in [1.165, 1.54) is 68.1 Å². The van der Waals surface area contributed by atoms with Crippen molar-refractivity contribution in [2.45, 2.75) is 117 Å². The van der Waals surface area contributed by atoms with Crippen molar-refractivity contribution in [2.24, 2.45) is 64.1 Å². The second kappa shape index (κ2) is 11.2. The molecule has 8 aliphatic rings. The molecule has 2 nitrogen and oxygen atoms in total. The maximum Gasteiger partial charge on any atom is 0.155 e. The number of alkyl halides is 1. The second-order valence-corrected chi connectivity index (χ2v) is 16.5. The lowest BCUT2D eigenvalue weighted by molar-refractivity contribution is -0.117. The number of hydrogen-bond acceptors (Lipinski definition) is 2. The molecule has 0 heterocycles. The molecule has 6 fully saturated rings. The molecule has 8 aliphatic carbocycles. The Labute approximate surface area is 265 Å². The summed E-state index contributed by atoms with van der Waals surface area (Å²) in [7, 11) is 0. The highest BCUT2D eigenvalue weighted by atomic mass is 19.1. The molecule has 236 valence electrons. The van der Waals surface area contributed by atoms with Gasteiger partial charge >= 0.3 is 0 Å². The van der Waals surface area contributed by atoms with Crippen LogP contribution in [-0.2, 0) is 9.59 Å². The zero-order valence-corrected chi connectivity index (χ0v) is 27.4. The Kier molecular flexibility index (Phi) is 7.78. The molecule has 6 saturated carbocycles. The molecule has 0 aromatic carbocycles. The summed E-state index contributed by atoms with van der Waals surface area (Å²) < 4.78 is 14.8. The van der Waals surface area contributed by atoms with Gasteiger partial charge in [0.15, 0.2) is 11.6 Å². The van der Waals surface area contributed by atoms with Gasteiger partial charge in [0, 0.05) is 12.8 Å². The predicted octanol–water partition coefficient (Wildman–Crippen LogP) is 9.87. The van der Waals surface area contributed by atoms with Crippen molar-refractivity contribution in [1.29, 1.82) is 0 Å². The van der Waals surface area contributed by atoms with Crippen molar-refractivity contribution in [2.75, 3.05) is 0 Å². The van der Waals surface area contributed by atoms with Gasteiger partial charge in [-0.2, -0.15) is 0 Å². The fraction of sp³-hybridized carbons (Fsp3) is 0.707. The monoisotopic (exact) mass is 596 g/mol. The van der Waals surface area contributed by atoms with E-state index in [-0.39, 0.29) is 11.2 Å². The van der Waals surface area contributed by atoms with E-state index in [2.05, 4.69) is 45.4 Å². The van der Waals surface area contributed by atoms with Gasteiger partial charge in [-0.25, -0.2) is 4.39 Å². The van der Waals surface area contributed by atoms with Crippen molar-refractivity contribution in [3.63, 3.8) is 0 Å². The van der Waals surface area contributed by atoms with E-state index in [0.29, 0.717) is 59.5 Å². The van der Waals surface area contributed by atoms with Crippen LogP contribution in [0.15, 0.2) is 59.1 Å². The number of carbonyl (C=O) groups excluding carboxylic acids is 2. The maximum absolute atomic E-state index is 14.8. The van der Waals surface area contributed by atoms with Gasteiger partial charge in [0.05, 0.1) is 0 Å². The standard InChI is InChI=1S/C21H28O.C20H25FO/c1-4-14-5-8-20-19-11-13(2)18-12-15(22)6-7-16(18)17(19)9-10-21(14,20)3;1-3-12-4-7-18-16-11-19(21)17-10-13(22)5-6-14(17)15(16)8-9-20(12,18)2/h12-13,16-17,19-20H,1,5-11H2,2-3H3;10,14-16,18-19H,1,4-9,11H2,2H3/t13-,16+,17?,19?,20?,21+;14-,15?,16?,18?,19-,20-/m01/s1. The molecule has 0 N–H and O–H groups in total. The number of fused-ring (bicyclic) bond motifs is 10. The third-order valence-electron chi connectivity index (χ3n) is 15.0. The molecule has 3 heteroatoms. The number of rotatable bonds is 0. The molecule has 44 heavy (non-hydrogen) atoms. The molecule has 12 atom stereocenters. The number of carbonyl (C=O) groups is 2. The maximum atomic E-state index is 14.8. The fourth-order valence-corrected chi connectivity index (χ4v) is 12.8. The smallest absolute Gasteiger partial charge is 0.155 e. The molecule has 0 bridgehead atoms. The van der Waals surface area contributed by atoms with Gasteiger partial charge in [0.25, 0.3) is 0 Å². The predicted molar refractivity (Wildman–Crippen MR) is 174 cm³/mol. The first-order chi connectivity index (χ1) is 21.1. The van der Waals surface area contributed by atoms with Crippen molar-refractivity contribution in [3.05, 3.63) is 59.1 Å². The molecule has 0 saturated heterocycles. The topological polar surface area (TPSA) is 34.1 Å². The van der Waals surface area contributed by atoms with Crippen LogP contribution in [0.3, 0.4) is 0 Å². The van der Waals surface area contributed by atoms with E-state index in [0.717, 1.165) is 49.0 Å². The summed E-state index contributed by atoms with van der Waals surface area (Å²) in [5.74, 6) is 6.32. The average molecular weight is 597 g/mol. The van der Waals surface area contributed by atoms with E-state index in [1.54, 1.807) is 6.08 Å². The highest BCUT2D eigenvalue weighted by Crippen LogP contribution is 2.65. The van der Waals surface area contributed by atoms with Crippen LogP contribution in [0.4, 0.5) is 4.39 Å². The summed E-state index contributed by atoms with van der Waals surface area (Å²) in [6.45, 7) is 15.1. The first kappa shape index (κ1) is 30.4. The minimum absolute atomic E-state index is 0.130. The Morgan fingerprint density at radius 1 is 0.682 bits per heavy atom. The van der Waals surface area contributed by atoms with Gasteiger partial charge in [-0.15, -0.1) is 11.5 Å². The molecule has 0 aromatic heterocycles. The fourth-order valence-electron chi connectivity index (χ4n) is 12.8. The normalized spacial score (nSPS) is 47.2. The summed E-state index contributed by atoms with van der Waals surface area (Å²) in [6, 6.07) is 0. The number of halogens is 1. The van der Waals surface area contributed by atoms with Crippen LogP contribution in [0.5, 0.6) is 0 Å². The van der Waals surface area contributed by atoms with E-state index in [4.69, 9.17) is 0 Å². The van der Waals surface area contributed by atoms with Gasteiger partial charge in [-0.05, 0) is 170 Å². The second-order valence-electron chi connectivity index (χ2n) is 16.5. The third-order valence-corrected chi connectivity index (χ3v) is 15.0. The van der Waals surface area contributed by atoms with Crippen LogP contribution < -0.4 is 0 Å². The van der Waals surface area contributed by atoms with Gasteiger partial charge in [0.2, 0.25) is 0 Å². The van der Waals surface area contributed by atoms with E-state index in [1.807, 2.05) is 6.08 Å². The Balaban J connectivity index is 0.000000142. The zero-order chi connectivity index (χ0) is 31.0. The highest BCUT2D eigenvalue weighted by molar-refractivity contribution is 5.92. The quantitative estimate of drug-likeness (QED) is 0.261. The molecule has 0 aliphatic heterocycles. The molecule has 0 amide bonds. The SMILES string of the molecule is C=C=C1CCC2C3C[C@@H](F)C4=CC(=O)CC[C@@H]4C3CC[C@]12C.C=C=C1CCC2C3C[C@H](C)C4=CC(=O)CC[C@@H]4C3CC[C@]12C. The van der Waals surface area contributed by atoms with Gasteiger partial charge in [-0.1, -0.05) is 39.5 Å². The first-order valence-electron chi connectivity index (χ1n) is 18.0. The Hall–Kier alpha value is -2.21. The minimum Gasteiger partial charge on any atom is -0.295 e. The largest absolute Gasteiger partial charge is 0.295 e. The first-order valence-corrected chi connectivity index (χ1v) is 18.0. The lowest BCUT2D eigenvalue weighted by atomic mass is 9.50. The average Bonchev–Trinajstić information content (AvgIpc) is 3.54. The van der Waals surface area contributed by atoms with Crippen LogP contribution >= 0.6 is 0 Å². The van der Waals surface area contributed by atoms with Crippen LogP contribution in [0.25, 0.3) is 0 Å². The number of ketones is 2.